The Labute approximate surface area is 62.1 Å². The molecule has 0 heterocycles. The fourth-order valence-electron chi connectivity index (χ4n) is 1.34. The average molecular weight is 138 g/mol. The Morgan fingerprint density at radius 3 is 2.60 bits per heavy atom. The number of carbonyl (C=O) groups is 1. The molecular formula is C9H14O. The summed E-state index contributed by atoms with van der Waals surface area (Å²) in [7, 11) is 0. The Morgan fingerprint density at radius 2 is 2.20 bits per heavy atom. The third-order valence-corrected chi connectivity index (χ3v) is 1.73. The zero-order chi connectivity index (χ0) is 7.56. The van der Waals surface area contributed by atoms with Crippen LogP contribution in [0.2, 0.25) is 0 Å². The first-order chi connectivity index (χ1) is 4.68. The predicted molar refractivity (Wildman–Crippen MR) is 41.8 cm³/mol. The van der Waals surface area contributed by atoms with Gasteiger partial charge in [0.05, 0.1) is 0 Å². The Bertz CT molecular complexity index is 166. The Kier molecular flexibility index (Phi) is 2.25. The second kappa shape index (κ2) is 3.00. The van der Waals surface area contributed by atoms with Crippen LogP contribution in [-0.4, -0.2) is 5.78 Å². The van der Waals surface area contributed by atoms with Gasteiger partial charge in [0, 0.05) is 6.42 Å². The molecule has 0 amide bonds. The van der Waals surface area contributed by atoms with Crippen molar-refractivity contribution in [3.63, 3.8) is 0 Å². The minimum Gasteiger partial charge on any atom is -0.295 e. The summed E-state index contributed by atoms with van der Waals surface area (Å²) >= 11 is 0. The zero-order valence-electron chi connectivity index (χ0n) is 6.68. The lowest BCUT2D eigenvalue weighted by molar-refractivity contribution is -0.114. The second-order valence-electron chi connectivity index (χ2n) is 3.37. The molecule has 0 unspecified atom stereocenters. The first-order valence-corrected chi connectivity index (χ1v) is 3.91. The van der Waals surface area contributed by atoms with Crippen LogP contribution in [0.4, 0.5) is 0 Å². The molecule has 1 aliphatic carbocycles. The Balaban J connectivity index is 2.43. The highest BCUT2D eigenvalue weighted by Gasteiger charge is 2.11. The number of carbonyl (C=O) groups excluding carboxylic acids is 1. The molecule has 56 valence electrons. The number of hydrogen-bond donors (Lipinski definition) is 0. The van der Waals surface area contributed by atoms with Gasteiger partial charge in [-0.15, -0.1) is 0 Å². The van der Waals surface area contributed by atoms with Crippen molar-refractivity contribution in [3.8, 4) is 0 Å². The zero-order valence-corrected chi connectivity index (χ0v) is 6.68. The third-order valence-electron chi connectivity index (χ3n) is 1.73. The minimum absolute atomic E-state index is 0.315. The maximum absolute atomic E-state index is 10.8. The molecular weight excluding hydrogens is 124 g/mol. The van der Waals surface area contributed by atoms with Crippen molar-refractivity contribution in [1.82, 2.24) is 0 Å². The van der Waals surface area contributed by atoms with Crippen LogP contribution in [0.25, 0.3) is 0 Å². The van der Waals surface area contributed by atoms with Gasteiger partial charge in [-0.3, -0.25) is 4.79 Å². The maximum atomic E-state index is 10.8. The summed E-state index contributed by atoms with van der Waals surface area (Å²) in [5.74, 6) is 1.01. The van der Waals surface area contributed by atoms with Crippen LogP contribution in [0.15, 0.2) is 11.6 Å². The molecule has 0 aromatic heterocycles. The van der Waals surface area contributed by atoms with Crippen molar-refractivity contribution >= 4 is 5.78 Å². The molecule has 0 aliphatic heterocycles. The summed E-state index contributed by atoms with van der Waals surface area (Å²) in [5.41, 5.74) is 1.35. The predicted octanol–water partition coefficient (Wildman–Crippen LogP) is 2.32. The highest BCUT2D eigenvalue weighted by atomic mass is 16.1. The van der Waals surface area contributed by atoms with Crippen LogP contribution in [0.1, 0.15) is 33.1 Å². The number of hydrogen-bond acceptors (Lipinski definition) is 1. The van der Waals surface area contributed by atoms with Gasteiger partial charge in [0.25, 0.3) is 0 Å². The van der Waals surface area contributed by atoms with Crippen LogP contribution in [0.5, 0.6) is 0 Å². The molecule has 1 heteroatoms. The molecule has 0 aromatic rings. The number of allylic oxidation sites excluding steroid dienone is 2. The molecule has 0 spiro atoms. The van der Waals surface area contributed by atoms with Crippen molar-refractivity contribution in [1.29, 1.82) is 0 Å². The first-order valence-electron chi connectivity index (χ1n) is 3.91. The van der Waals surface area contributed by atoms with E-state index in [1.165, 1.54) is 5.57 Å². The summed E-state index contributed by atoms with van der Waals surface area (Å²) in [6, 6.07) is 0. The van der Waals surface area contributed by atoms with Crippen molar-refractivity contribution in [2.45, 2.75) is 33.1 Å². The van der Waals surface area contributed by atoms with Gasteiger partial charge in [-0.1, -0.05) is 19.4 Å². The smallest absolute Gasteiger partial charge is 0.155 e. The van der Waals surface area contributed by atoms with Gasteiger partial charge < -0.3 is 0 Å². The normalized spacial score (nSPS) is 18.3. The van der Waals surface area contributed by atoms with Gasteiger partial charge in [0.15, 0.2) is 5.78 Å². The van der Waals surface area contributed by atoms with Crippen LogP contribution >= 0.6 is 0 Å². The molecule has 0 saturated carbocycles. The Morgan fingerprint density at radius 1 is 1.50 bits per heavy atom. The molecule has 0 fully saturated rings. The van der Waals surface area contributed by atoms with Crippen LogP contribution in [0, 0.1) is 5.92 Å². The maximum Gasteiger partial charge on any atom is 0.155 e. The average Bonchev–Trinajstić information content (AvgIpc) is 2.13. The molecule has 0 radical (unpaired) electrons. The number of ketones is 1. The summed E-state index contributed by atoms with van der Waals surface area (Å²) in [5, 5.41) is 0. The lowest BCUT2D eigenvalue weighted by atomic mass is 10.0. The van der Waals surface area contributed by atoms with E-state index < -0.39 is 0 Å². The van der Waals surface area contributed by atoms with Crippen LogP contribution in [-0.2, 0) is 4.79 Å². The molecule has 1 nitrogen and oxygen atoms in total. The van der Waals surface area contributed by atoms with Gasteiger partial charge in [0.2, 0.25) is 0 Å². The molecule has 0 bridgehead atoms. The van der Waals surface area contributed by atoms with Crippen molar-refractivity contribution < 1.29 is 4.79 Å². The van der Waals surface area contributed by atoms with E-state index in [-0.39, 0.29) is 0 Å². The standard InChI is InChI=1S/C9H14O/c1-7(2)5-8-3-4-9(10)6-8/h6-7H,3-5H2,1-2H3. The third kappa shape index (κ3) is 1.98. The van der Waals surface area contributed by atoms with Gasteiger partial charge in [-0.05, 0) is 24.8 Å². The summed E-state index contributed by atoms with van der Waals surface area (Å²) in [6.45, 7) is 4.37. The van der Waals surface area contributed by atoms with E-state index in [9.17, 15) is 4.79 Å². The molecule has 1 rings (SSSR count). The van der Waals surface area contributed by atoms with Crippen molar-refractivity contribution in [2.24, 2.45) is 5.92 Å². The Hall–Kier alpha value is -0.590. The summed E-state index contributed by atoms with van der Waals surface area (Å²) in [4.78, 5) is 10.8. The van der Waals surface area contributed by atoms with E-state index in [0.717, 1.165) is 19.3 Å². The van der Waals surface area contributed by atoms with Gasteiger partial charge in [-0.2, -0.15) is 0 Å². The van der Waals surface area contributed by atoms with Crippen molar-refractivity contribution in [2.75, 3.05) is 0 Å². The van der Waals surface area contributed by atoms with Crippen LogP contribution < -0.4 is 0 Å². The number of rotatable bonds is 2. The molecule has 0 atom stereocenters. The first kappa shape index (κ1) is 7.52. The largest absolute Gasteiger partial charge is 0.295 e. The van der Waals surface area contributed by atoms with E-state index in [1.54, 1.807) is 0 Å². The monoisotopic (exact) mass is 138 g/mol. The molecule has 1 aliphatic rings. The lowest BCUT2D eigenvalue weighted by Crippen LogP contribution is -1.87. The fraction of sp³-hybridized carbons (Fsp3) is 0.667. The van der Waals surface area contributed by atoms with Gasteiger partial charge >= 0.3 is 0 Å². The molecule has 0 saturated heterocycles. The second-order valence-corrected chi connectivity index (χ2v) is 3.37. The molecule has 0 aromatic carbocycles. The van der Waals surface area contributed by atoms with Gasteiger partial charge in [0.1, 0.15) is 0 Å². The van der Waals surface area contributed by atoms with E-state index in [4.69, 9.17) is 0 Å². The summed E-state index contributed by atoms with van der Waals surface area (Å²) in [6.07, 6.45) is 4.69. The fourth-order valence-corrected chi connectivity index (χ4v) is 1.34. The van der Waals surface area contributed by atoms with Gasteiger partial charge in [-0.25, -0.2) is 0 Å². The summed E-state index contributed by atoms with van der Waals surface area (Å²) < 4.78 is 0. The highest BCUT2D eigenvalue weighted by Crippen LogP contribution is 2.21. The van der Waals surface area contributed by atoms with E-state index in [0.29, 0.717) is 11.7 Å². The lowest BCUT2D eigenvalue weighted by Gasteiger charge is -2.02. The topological polar surface area (TPSA) is 17.1 Å². The van der Waals surface area contributed by atoms with Crippen LogP contribution in [0.3, 0.4) is 0 Å². The molecule has 0 N–H and O–H groups in total. The minimum atomic E-state index is 0.315. The molecule has 10 heavy (non-hydrogen) atoms. The van der Waals surface area contributed by atoms with E-state index >= 15 is 0 Å². The van der Waals surface area contributed by atoms with E-state index in [2.05, 4.69) is 13.8 Å². The SMILES string of the molecule is CC(C)CC1=CC(=O)CC1. The quantitative estimate of drug-likeness (QED) is 0.572. The highest BCUT2D eigenvalue weighted by molar-refractivity contribution is 5.92. The van der Waals surface area contributed by atoms with E-state index in [1.807, 2.05) is 6.08 Å². The van der Waals surface area contributed by atoms with Crippen molar-refractivity contribution in [3.05, 3.63) is 11.6 Å².